The largest absolute Gasteiger partial charge is 0.350 e. The lowest BCUT2D eigenvalue weighted by atomic mass is 10.1. The molecule has 1 aromatic carbocycles. The van der Waals surface area contributed by atoms with Gasteiger partial charge in [0.15, 0.2) is 9.84 Å². The minimum Gasteiger partial charge on any atom is -0.350 e. The lowest BCUT2D eigenvalue weighted by molar-refractivity contribution is -0.131. The molecule has 1 atom stereocenters. The van der Waals surface area contributed by atoms with Gasteiger partial charge in [0.25, 0.3) is 0 Å². The smallest absolute Gasteiger partial charge is 0.223 e. The molecule has 1 unspecified atom stereocenters. The minimum absolute atomic E-state index is 0.0284. The molecule has 2 aromatic heterocycles. The van der Waals surface area contributed by atoms with Crippen molar-refractivity contribution in [1.82, 2.24) is 14.9 Å². The van der Waals surface area contributed by atoms with Crippen LogP contribution < -0.4 is 4.90 Å². The summed E-state index contributed by atoms with van der Waals surface area (Å²) in [5.41, 5.74) is 2.78. The fraction of sp³-hybridized carbons (Fsp3) is 0.333. The monoisotopic (exact) mass is 455 g/mol. The van der Waals surface area contributed by atoms with E-state index in [1.54, 1.807) is 40.7 Å². The quantitative estimate of drug-likeness (QED) is 0.582. The van der Waals surface area contributed by atoms with E-state index in [1.165, 1.54) is 17.5 Å². The van der Waals surface area contributed by atoms with Crippen LogP contribution in [0.4, 0.5) is 5.82 Å². The fourth-order valence-electron chi connectivity index (χ4n) is 3.74. The minimum atomic E-state index is -3.59. The summed E-state index contributed by atoms with van der Waals surface area (Å²) in [6.07, 6.45) is 1.48. The van der Waals surface area contributed by atoms with Crippen LogP contribution in [-0.4, -0.2) is 60.6 Å². The number of nitrogens with zero attached hydrogens (tertiary/aromatic N) is 5. The van der Waals surface area contributed by atoms with Crippen molar-refractivity contribution in [3.63, 3.8) is 0 Å². The molecule has 0 spiro atoms. The maximum atomic E-state index is 12.9. The summed E-state index contributed by atoms with van der Waals surface area (Å²) in [5, 5.41) is 8.92. The van der Waals surface area contributed by atoms with Gasteiger partial charge in [0, 0.05) is 38.3 Å². The first-order chi connectivity index (χ1) is 14.9. The second kappa shape index (κ2) is 8.61. The summed E-state index contributed by atoms with van der Waals surface area (Å²) in [6.45, 7) is 3.58. The highest BCUT2D eigenvalue weighted by Gasteiger charge is 2.29. The van der Waals surface area contributed by atoms with Crippen LogP contribution in [0.3, 0.4) is 0 Å². The number of piperazine rings is 1. The average molecular weight is 456 g/mol. The van der Waals surface area contributed by atoms with Gasteiger partial charge in [-0.05, 0) is 31.2 Å². The van der Waals surface area contributed by atoms with Gasteiger partial charge in [-0.1, -0.05) is 6.07 Å². The van der Waals surface area contributed by atoms with Crippen LogP contribution in [0.5, 0.6) is 0 Å². The van der Waals surface area contributed by atoms with Gasteiger partial charge in [-0.25, -0.2) is 18.4 Å². The second-order valence-corrected chi connectivity index (χ2v) is 10.4. The highest BCUT2D eigenvalue weighted by Crippen LogP contribution is 2.27. The third-order valence-corrected chi connectivity index (χ3v) is 8.15. The zero-order chi connectivity index (χ0) is 22.0. The van der Waals surface area contributed by atoms with Crippen molar-refractivity contribution < 1.29 is 13.2 Å². The van der Waals surface area contributed by atoms with Gasteiger partial charge in [0.05, 0.1) is 31.9 Å². The summed E-state index contributed by atoms with van der Waals surface area (Å²) in [7, 11) is -3.59. The Kier molecular flexibility index (Phi) is 5.89. The summed E-state index contributed by atoms with van der Waals surface area (Å²) < 4.78 is 26.3. The number of rotatable bonds is 5. The highest BCUT2D eigenvalue weighted by atomic mass is 32.2. The third-order valence-electron chi connectivity index (χ3n) is 5.39. The van der Waals surface area contributed by atoms with Crippen molar-refractivity contribution in [2.24, 2.45) is 0 Å². The molecule has 1 saturated heterocycles. The molecule has 1 amide bonds. The number of aromatic nitrogens is 2. The van der Waals surface area contributed by atoms with Crippen molar-refractivity contribution in [3.8, 4) is 6.07 Å². The van der Waals surface area contributed by atoms with Crippen molar-refractivity contribution >= 4 is 43.1 Å². The molecule has 0 N–H and O–H groups in total. The Bertz CT molecular complexity index is 1250. The lowest BCUT2D eigenvalue weighted by Crippen LogP contribution is -2.54. The number of thiazole rings is 1. The van der Waals surface area contributed by atoms with Gasteiger partial charge >= 0.3 is 0 Å². The number of carbonyl (C=O) groups excluding carboxylic acids is 1. The number of fused-ring (bicyclic) bond motifs is 1. The first-order valence-electron chi connectivity index (χ1n) is 9.84. The standard InChI is InChI=1S/C21H21N5O3S2/c1-15-13-25(8-9-26(15)19-6-5-16(11-22)12-23-19)20(27)7-10-31(28,29)18-4-2-3-17-21(18)30-14-24-17/h2-6,12,14-15H,7-10,13H2,1H3. The molecule has 10 heteroatoms. The molecule has 8 nitrogen and oxygen atoms in total. The Morgan fingerprint density at radius 2 is 2.10 bits per heavy atom. The van der Waals surface area contributed by atoms with E-state index in [9.17, 15) is 13.2 Å². The zero-order valence-corrected chi connectivity index (χ0v) is 18.6. The summed E-state index contributed by atoms with van der Waals surface area (Å²) in [5.74, 6) is 0.368. The van der Waals surface area contributed by atoms with Crippen LogP contribution in [0, 0.1) is 11.3 Å². The molecule has 0 radical (unpaired) electrons. The number of sulfone groups is 1. The molecule has 0 bridgehead atoms. The first-order valence-corrected chi connectivity index (χ1v) is 12.4. The number of carbonyl (C=O) groups is 1. The van der Waals surface area contributed by atoms with Crippen molar-refractivity contribution in [2.75, 3.05) is 30.3 Å². The molecule has 0 aliphatic carbocycles. The number of nitriles is 1. The predicted octanol–water partition coefficient (Wildman–Crippen LogP) is 2.46. The van der Waals surface area contributed by atoms with E-state index in [1.807, 2.05) is 6.92 Å². The van der Waals surface area contributed by atoms with E-state index < -0.39 is 9.84 Å². The van der Waals surface area contributed by atoms with Crippen LogP contribution in [0.25, 0.3) is 10.2 Å². The Balaban J connectivity index is 1.38. The van der Waals surface area contributed by atoms with E-state index in [4.69, 9.17) is 5.26 Å². The molecular formula is C21H21N5O3S2. The number of hydrogen-bond acceptors (Lipinski definition) is 8. The molecule has 1 aliphatic rings. The fourth-order valence-corrected chi connectivity index (χ4v) is 6.30. The molecule has 160 valence electrons. The second-order valence-electron chi connectivity index (χ2n) is 7.42. The van der Waals surface area contributed by atoms with Crippen molar-refractivity contribution in [1.29, 1.82) is 5.26 Å². The van der Waals surface area contributed by atoms with Crippen LogP contribution in [0.1, 0.15) is 18.9 Å². The number of anilines is 1. The summed E-state index contributed by atoms with van der Waals surface area (Å²) in [6, 6.07) is 10.6. The van der Waals surface area contributed by atoms with Crippen LogP contribution >= 0.6 is 11.3 Å². The summed E-state index contributed by atoms with van der Waals surface area (Å²) in [4.78, 5) is 25.3. The van der Waals surface area contributed by atoms with Crippen molar-refractivity contribution in [2.45, 2.75) is 24.3 Å². The van der Waals surface area contributed by atoms with Gasteiger partial charge in [0.2, 0.25) is 5.91 Å². The molecule has 3 aromatic rings. The van der Waals surface area contributed by atoms with E-state index in [0.29, 0.717) is 35.4 Å². The third kappa shape index (κ3) is 4.38. The Morgan fingerprint density at radius 3 is 2.81 bits per heavy atom. The number of benzene rings is 1. The number of pyridine rings is 1. The summed E-state index contributed by atoms with van der Waals surface area (Å²) >= 11 is 1.29. The van der Waals surface area contributed by atoms with Crippen LogP contribution in [0.15, 0.2) is 46.9 Å². The normalized spacial score (nSPS) is 17.0. The Hall–Kier alpha value is -3.03. The van der Waals surface area contributed by atoms with Gasteiger partial charge in [-0.3, -0.25) is 4.79 Å². The van der Waals surface area contributed by atoms with Gasteiger partial charge in [0.1, 0.15) is 11.9 Å². The first kappa shape index (κ1) is 21.2. The zero-order valence-electron chi connectivity index (χ0n) is 16.9. The Morgan fingerprint density at radius 1 is 1.26 bits per heavy atom. The van der Waals surface area contributed by atoms with E-state index in [-0.39, 0.29) is 29.0 Å². The Labute approximate surface area is 184 Å². The molecular weight excluding hydrogens is 434 g/mol. The molecule has 1 aliphatic heterocycles. The van der Waals surface area contributed by atoms with E-state index in [0.717, 1.165) is 5.82 Å². The maximum Gasteiger partial charge on any atom is 0.223 e. The lowest BCUT2D eigenvalue weighted by Gasteiger charge is -2.40. The number of hydrogen-bond donors (Lipinski definition) is 0. The van der Waals surface area contributed by atoms with Crippen LogP contribution in [0.2, 0.25) is 0 Å². The van der Waals surface area contributed by atoms with Crippen LogP contribution in [-0.2, 0) is 14.6 Å². The number of amides is 1. The molecule has 1 fully saturated rings. The van der Waals surface area contributed by atoms with E-state index in [2.05, 4.69) is 20.9 Å². The maximum absolute atomic E-state index is 12.9. The topological polar surface area (TPSA) is 107 Å². The SMILES string of the molecule is CC1CN(C(=O)CCS(=O)(=O)c2cccc3ncsc23)CCN1c1ccc(C#N)cn1. The van der Waals surface area contributed by atoms with E-state index >= 15 is 0 Å². The average Bonchev–Trinajstić information content (AvgIpc) is 3.26. The molecule has 3 heterocycles. The van der Waals surface area contributed by atoms with Gasteiger partial charge in [-0.2, -0.15) is 5.26 Å². The molecule has 31 heavy (non-hydrogen) atoms. The van der Waals surface area contributed by atoms with Gasteiger partial charge < -0.3 is 9.80 Å². The van der Waals surface area contributed by atoms with Gasteiger partial charge in [-0.15, -0.1) is 11.3 Å². The predicted molar refractivity (Wildman–Crippen MR) is 119 cm³/mol. The molecule has 0 saturated carbocycles. The molecule has 4 rings (SSSR count). The van der Waals surface area contributed by atoms with Crippen molar-refractivity contribution in [3.05, 3.63) is 47.6 Å². The highest BCUT2D eigenvalue weighted by molar-refractivity contribution is 7.91.